The van der Waals surface area contributed by atoms with Gasteiger partial charge in [-0.25, -0.2) is 0 Å². The van der Waals surface area contributed by atoms with E-state index in [1.54, 1.807) is 22.7 Å². The van der Waals surface area contributed by atoms with E-state index in [-0.39, 0.29) is 12.0 Å². The first kappa shape index (κ1) is 19.0. The summed E-state index contributed by atoms with van der Waals surface area (Å²) >= 11 is 0. The van der Waals surface area contributed by atoms with Gasteiger partial charge in [0.2, 0.25) is 5.82 Å². The van der Waals surface area contributed by atoms with Crippen LogP contribution in [-0.2, 0) is 7.05 Å². The van der Waals surface area contributed by atoms with Crippen LogP contribution in [0.4, 0.5) is 0 Å². The van der Waals surface area contributed by atoms with Crippen LogP contribution in [0, 0.1) is 6.92 Å². The summed E-state index contributed by atoms with van der Waals surface area (Å²) in [5.41, 5.74) is 3.15. The number of likely N-dealkylation sites (tertiary alicyclic amines) is 1. The minimum Gasteiger partial charge on any atom is -0.487 e. The number of rotatable bonds is 5. The van der Waals surface area contributed by atoms with E-state index in [1.165, 1.54) is 0 Å². The van der Waals surface area contributed by atoms with Gasteiger partial charge in [-0.2, -0.15) is 10.1 Å². The van der Waals surface area contributed by atoms with Gasteiger partial charge in [0.1, 0.15) is 17.5 Å². The van der Waals surface area contributed by atoms with Gasteiger partial charge in [0.05, 0.1) is 18.8 Å². The van der Waals surface area contributed by atoms with E-state index in [9.17, 15) is 4.79 Å². The van der Waals surface area contributed by atoms with E-state index in [0.717, 1.165) is 22.6 Å². The highest BCUT2D eigenvalue weighted by atomic mass is 16.5. The average Bonchev–Trinajstić information content (AvgIpc) is 3.37. The second-order valence-corrected chi connectivity index (χ2v) is 7.56. The average molecular weight is 415 g/mol. The van der Waals surface area contributed by atoms with Gasteiger partial charge in [-0.1, -0.05) is 23.4 Å². The fourth-order valence-corrected chi connectivity index (χ4v) is 3.57. The molecule has 31 heavy (non-hydrogen) atoms. The fraction of sp³-hybridized carbons (Fsp3) is 0.217. The lowest BCUT2D eigenvalue weighted by Gasteiger charge is -2.38. The van der Waals surface area contributed by atoms with E-state index >= 15 is 0 Å². The molecule has 2 aromatic heterocycles. The molecule has 2 aromatic carbocycles. The Kier molecular flexibility index (Phi) is 4.74. The van der Waals surface area contributed by atoms with Crippen LogP contribution in [0.1, 0.15) is 16.2 Å². The lowest BCUT2D eigenvalue weighted by molar-refractivity contribution is 0.0170. The first-order valence-electron chi connectivity index (χ1n) is 10.0. The molecular formula is C23H21N5O3. The number of hydrogen-bond acceptors (Lipinski definition) is 6. The normalized spacial score (nSPS) is 13.8. The molecule has 1 saturated heterocycles. The predicted molar refractivity (Wildman–Crippen MR) is 113 cm³/mol. The third-order valence-corrected chi connectivity index (χ3v) is 5.22. The summed E-state index contributed by atoms with van der Waals surface area (Å²) in [7, 11) is 1.78. The van der Waals surface area contributed by atoms with Crippen LogP contribution < -0.4 is 4.74 Å². The Labute approximate surface area is 179 Å². The smallest absolute Gasteiger partial charge is 0.272 e. The molecule has 5 rings (SSSR count). The van der Waals surface area contributed by atoms with Crippen molar-refractivity contribution in [2.24, 2.45) is 7.05 Å². The Bertz CT molecular complexity index is 1210. The predicted octanol–water partition coefficient (Wildman–Crippen LogP) is 3.35. The molecule has 3 heterocycles. The van der Waals surface area contributed by atoms with Gasteiger partial charge < -0.3 is 14.2 Å². The van der Waals surface area contributed by atoms with Gasteiger partial charge in [0.15, 0.2) is 0 Å². The lowest BCUT2D eigenvalue weighted by Crippen LogP contribution is -2.56. The Hall–Kier alpha value is -3.94. The number of ether oxygens (including phenoxy) is 1. The molecule has 8 nitrogen and oxygen atoms in total. The van der Waals surface area contributed by atoms with Crippen molar-refractivity contribution >= 4 is 5.91 Å². The van der Waals surface area contributed by atoms with Gasteiger partial charge in [-0.15, -0.1) is 0 Å². The standard InChI is InChI=1S/C23H21N5O3/c1-15-12-20(27(2)25-15)23(29)28-13-19(14-28)30-18-10-8-16(9-11-18)21-24-22(31-26-21)17-6-4-3-5-7-17/h3-12,19H,13-14H2,1-2H3. The molecule has 0 atom stereocenters. The van der Waals surface area contributed by atoms with Crippen LogP contribution in [0.2, 0.25) is 0 Å². The molecule has 0 unspecified atom stereocenters. The second kappa shape index (κ2) is 7.71. The van der Waals surface area contributed by atoms with Gasteiger partial charge in [-0.05, 0) is 49.4 Å². The molecule has 1 fully saturated rings. The van der Waals surface area contributed by atoms with Crippen molar-refractivity contribution in [2.75, 3.05) is 13.1 Å². The number of amides is 1. The Morgan fingerprint density at radius 1 is 1.06 bits per heavy atom. The maximum atomic E-state index is 12.6. The summed E-state index contributed by atoms with van der Waals surface area (Å²) in [4.78, 5) is 18.8. The Balaban J connectivity index is 1.19. The topological polar surface area (TPSA) is 86.3 Å². The Morgan fingerprint density at radius 3 is 2.48 bits per heavy atom. The molecule has 8 heteroatoms. The zero-order valence-corrected chi connectivity index (χ0v) is 17.2. The van der Waals surface area contributed by atoms with Crippen molar-refractivity contribution in [1.82, 2.24) is 24.8 Å². The van der Waals surface area contributed by atoms with Crippen LogP contribution in [0.3, 0.4) is 0 Å². The van der Waals surface area contributed by atoms with Crippen molar-refractivity contribution in [3.05, 3.63) is 72.1 Å². The van der Waals surface area contributed by atoms with E-state index in [1.807, 2.05) is 61.5 Å². The van der Waals surface area contributed by atoms with Crippen LogP contribution >= 0.6 is 0 Å². The number of benzene rings is 2. The molecular weight excluding hydrogens is 394 g/mol. The maximum Gasteiger partial charge on any atom is 0.272 e. The summed E-state index contributed by atoms with van der Waals surface area (Å²) in [6.45, 7) is 2.98. The number of hydrogen-bond donors (Lipinski definition) is 0. The summed E-state index contributed by atoms with van der Waals surface area (Å²) in [5, 5.41) is 8.30. The summed E-state index contributed by atoms with van der Waals surface area (Å²) in [5.74, 6) is 1.73. The lowest BCUT2D eigenvalue weighted by atomic mass is 10.1. The molecule has 0 spiro atoms. The molecule has 1 aliphatic heterocycles. The first-order valence-corrected chi connectivity index (χ1v) is 10.0. The second-order valence-electron chi connectivity index (χ2n) is 7.56. The molecule has 1 aliphatic rings. The molecule has 0 radical (unpaired) electrons. The van der Waals surface area contributed by atoms with Crippen LogP contribution in [-0.4, -0.2) is 49.9 Å². The van der Waals surface area contributed by atoms with Crippen LogP contribution in [0.25, 0.3) is 22.8 Å². The SMILES string of the molecule is Cc1cc(C(=O)N2CC(Oc3ccc(-c4noc(-c5ccccc5)n4)cc3)C2)n(C)n1. The van der Waals surface area contributed by atoms with Gasteiger partial charge in [0, 0.05) is 18.2 Å². The van der Waals surface area contributed by atoms with Crippen molar-refractivity contribution < 1.29 is 14.1 Å². The van der Waals surface area contributed by atoms with Gasteiger partial charge in [0.25, 0.3) is 11.8 Å². The minimum absolute atomic E-state index is 0.0235. The van der Waals surface area contributed by atoms with Crippen LogP contribution in [0.15, 0.2) is 65.2 Å². The molecule has 0 bridgehead atoms. The monoisotopic (exact) mass is 415 g/mol. The summed E-state index contributed by atoms with van der Waals surface area (Å²) in [6.07, 6.45) is -0.0287. The Morgan fingerprint density at radius 2 is 1.81 bits per heavy atom. The first-order chi connectivity index (χ1) is 15.1. The van der Waals surface area contributed by atoms with Gasteiger partial charge in [-0.3, -0.25) is 9.48 Å². The van der Waals surface area contributed by atoms with Crippen molar-refractivity contribution in [3.8, 4) is 28.6 Å². The molecule has 4 aromatic rings. The molecule has 0 aliphatic carbocycles. The van der Waals surface area contributed by atoms with E-state index in [4.69, 9.17) is 9.26 Å². The highest BCUT2D eigenvalue weighted by Crippen LogP contribution is 2.25. The van der Waals surface area contributed by atoms with Gasteiger partial charge >= 0.3 is 0 Å². The number of aromatic nitrogens is 4. The summed E-state index contributed by atoms with van der Waals surface area (Å²) in [6, 6.07) is 19.0. The molecule has 0 saturated carbocycles. The highest BCUT2D eigenvalue weighted by Gasteiger charge is 2.34. The fourth-order valence-electron chi connectivity index (χ4n) is 3.57. The largest absolute Gasteiger partial charge is 0.487 e. The maximum absolute atomic E-state index is 12.6. The number of carbonyl (C=O) groups excluding carboxylic acids is 1. The highest BCUT2D eigenvalue weighted by molar-refractivity contribution is 5.93. The van der Waals surface area contributed by atoms with Crippen molar-refractivity contribution in [3.63, 3.8) is 0 Å². The van der Waals surface area contributed by atoms with E-state index in [2.05, 4.69) is 15.2 Å². The van der Waals surface area contributed by atoms with Crippen molar-refractivity contribution in [1.29, 1.82) is 0 Å². The third-order valence-electron chi connectivity index (χ3n) is 5.22. The van der Waals surface area contributed by atoms with E-state index < -0.39 is 0 Å². The number of nitrogens with zero attached hydrogens (tertiary/aromatic N) is 5. The van der Waals surface area contributed by atoms with E-state index in [0.29, 0.717) is 30.5 Å². The minimum atomic E-state index is -0.0287. The zero-order chi connectivity index (χ0) is 21.4. The number of aryl methyl sites for hydroxylation is 2. The third kappa shape index (κ3) is 3.79. The molecule has 1 amide bonds. The van der Waals surface area contributed by atoms with Crippen LogP contribution in [0.5, 0.6) is 5.75 Å². The summed E-state index contributed by atoms with van der Waals surface area (Å²) < 4.78 is 13.0. The zero-order valence-electron chi connectivity index (χ0n) is 17.2. The molecule has 0 N–H and O–H groups in total. The quantitative estimate of drug-likeness (QED) is 0.497. The molecule has 156 valence electrons. The van der Waals surface area contributed by atoms with Crippen molar-refractivity contribution in [2.45, 2.75) is 13.0 Å². The number of carbonyl (C=O) groups is 1.